The molecule has 0 bridgehead atoms. The molecule has 0 aliphatic carbocycles. The number of nitrogens with zero attached hydrogens (tertiary/aromatic N) is 2. The normalized spacial score (nSPS) is 16.8. The second-order valence-electron chi connectivity index (χ2n) is 12.4. The van der Waals surface area contributed by atoms with Crippen molar-refractivity contribution in [2.24, 2.45) is 11.8 Å². The molecule has 43 heavy (non-hydrogen) atoms. The Bertz CT molecular complexity index is 1260. The van der Waals surface area contributed by atoms with E-state index < -0.39 is 23.4 Å². The molecule has 2 heterocycles. The van der Waals surface area contributed by atoms with Gasteiger partial charge in [-0.3, -0.25) is 4.79 Å². The number of fused-ring (bicyclic) bond motifs is 2. The molecule has 7 nitrogen and oxygen atoms in total. The van der Waals surface area contributed by atoms with Gasteiger partial charge in [0.05, 0.1) is 23.5 Å². The fraction of sp³-hybridized carbons (Fsp3) is 0.562. The van der Waals surface area contributed by atoms with Gasteiger partial charge in [0.15, 0.2) is 5.78 Å². The van der Waals surface area contributed by atoms with Crippen LogP contribution in [0.2, 0.25) is 0 Å². The number of likely N-dealkylation sites (tertiary alicyclic amines) is 1. The SMILES string of the molecule is CNCC(=O)C(CNC(=O)OC(C)(C)C)CN1CCC(CCCN2c3ccccc3Sc3ccc(C(F)(F)F)cc32)CC1. The maximum atomic E-state index is 13.5. The molecule has 0 spiro atoms. The Morgan fingerprint density at radius 3 is 2.42 bits per heavy atom. The number of hydrogen-bond acceptors (Lipinski definition) is 7. The summed E-state index contributed by atoms with van der Waals surface area (Å²) < 4.78 is 45.9. The van der Waals surface area contributed by atoms with Crippen LogP contribution in [0.5, 0.6) is 0 Å². The molecular weight excluding hydrogens is 577 g/mol. The fourth-order valence-corrected chi connectivity index (χ4v) is 6.75. The first-order chi connectivity index (χ1) is 20.3. The van der Waals surface area contributed by atoms with Crippen LogP contribution in [0.15, 0.2) is 52.3 Å². The Balaban J connectivity index is 1.31. The summed E-state index contributed by atoms with van der Waals surface area (Å²) in [5, 5.41) is 5.68. The summed E-state index contributed by atoms with van der Waals surface area (Å²) in [5.74, 6) is 0.225. The molecule has 4 rings (SSSR count). The van der Waals surface area contributed by atoms with Crippen LogP contribution in [0.3, 0.4) is 0 Å². The van der Waals surface area contributed by atoms with Crippen LogP contribution in [0.1, 0.15) is 52.0 Å². The number of alkyl halides is 3. The van der Waals surface area contributed by atoms with E-state index in [2.05, 4.69) is 15.5 Å². The number of ketones is 1. The van der Waals surface area contributed by atoms with Crippen molar-refractivity contribution in [3.8, 4) is 0 Å². The molecule has 0 aromatic heterocycles. The van der Waals surface area contributed by atoms with Crippen molar-refractivity contribution < 1.29 is 27.5 Å². The lowest BCUT2D eigenvalue weighted by Crippen LogP contribution is -2.45. The molecule has 2 aromatic carbocycles. The van der Waals surface area contributed by atoms with Crippen LogP contribution in [0.4, 0.5) is 29.3 Å². The van der Waals surface area contributed by atoms with Gasteiger partial charge in [-0.1, -0.05) is 23.9 Å². The van der Waals surface area contributed by atoms with Crippen molar-refractivity contribution in [2.75, 3.05) is 51.2 Å². The van der Waals surface area contributed by atoms with Gasteiger partial charge in [-0.05, 0) is 103 Å². The summed E-state index contributed by atoms with van der Waals surface area (Å²) in [7, 11) is 1.73. The van der Waals surface area contributed by atoms with Crippen LogP contribution in [0.25, 0.3) is 0 Å². The number of para-hydroxylation sites is 1. The Hall–Kier alpha value is -2.76. The maximum absolute atomic E-state index is 13.5. The minimum Gasteiger partial charge on any atom is -0.444 e. The predicted octanol–water partition coefficient (Wildman–Crippen LogP) is 6.73. The third-order valence-corrected chi connectivity index (χ3v) is 8.96. The first kappa shape index (κ1) is 33.1. The molecule has 2 N–H and O–H groups in total. The van der Waals surface area contributed by atoms with E-state index in [-0.39, 0.29) is 24.8 Å². The monoisotopic (exact) mass is 620 g/mol. The standard InChI is InChI=1S/C32H43F3N4O3S/c1-31(2,3)42-30(41)37-19-23(27(40)20-36-4)21-38-16-13-22(14-17-38)8-7-15-39-25-9-5-6-10-28(25)43-29-12-11-24(18-26(29)39)32(33,34)35/h5-6,9-12,18,22-23,36H,7-8,13-17,19-21H2,1-4H3,(H,37,41). The molecule has 2 aliphatic heterocycles. The zero-order valence-electron chi connectivity index (χ0n) is 25.4. The van der Waals surface area contributed by atoms with Crippen molar-refractivity contribution in [1.29, 1.82) is 0 Å². The van der Waals surface area contributed by atoms with Gasteiger partial charge in [0.1, 0.15) is 5.60 Å². The van der Waals surface area contributed by atoms with Crippen LogP contribution in [-0.2, 0) is 15.7 Å². The van der Waals surface area contributed by atoms with E-state index in [9.17, 15) is 22.8 Å². The molecular formula is C32H43F3N4O3S. The Morgan fingerprint density at radius 1 is 1.05 bits per heavy atom. The van der Waals surface area contributed by atoms with Gasteiger partial charge in [-0.25, -0.2) is 4.79 Å². The lowest BCUT2D eigenvalue weighted by atomic mass is 9.91. The summed E-state index contributed by atoms with van der Waals surface area (Å²) in [4.78, 5) is 31.2. The quantitative estimate of drug-likeness (QED) is 0.289. The highest BCUT2D eigenvalue weighted by atomic mass is 32.2. The maximum Gasteiger partial charge on any atom is 0.416 e. The number of anilines is 2. The van der Waals surface area contributed by atoms with Gasteiger partial charge in [-0.15, -0.1) is 0 Å². The van der Waals surface area contributed by atoms with Gasteiger partial charge < -0.3 is 25.2 Å². The second kappa shape index (κ2) is 14.3. The summed E-state index contributed by atoms with van der Waals surface area (Å²) in [5.41, 5.74) is 0.329. The number of rotatable bonds is 11. The lowest BCUT2D eigenvalue weighted by Gasteiger charge is -2.35. The number of carbonyl (C=O) groups is 2. The number of alkyl carbamates (subject to hydrolysis) is 1. The number of hydrogen-bond donors (Lipinski definition) is 2. The summed E-state index contributed by atoms with van der Waals surface area (Å²) in [6.07, 6.45) is -1.08. The van der Waals surface area contributed by atoms with E-state index >= 15 is 0 Å². The molecule has 1 saturated heterocycles. The Kier molecular flexibility index (Phi) is 11.1. The fourth-order valence-electron chi connectivity index (χ4n) is 5.67. The first-order valence-corrected chi connectivity index (χ1v) is 15.8. The lowest BCUT2D eigenvalue weighted by molar-refractivity contribution is -0.137. The largest absolute Gasteiger partial charge is 0.444 e. The molecule has 11 heteroatoms. The minimum absolute atomic E-state index is 0.0506. The second-order valence-corrected chi connectivity index (χ2v) is 13.4. The van der Waals surface area contributed by atoms with E-state index in [1.165, 1.54) is 17.8 Å². The van der Waals surface area contributed by atoms with Crippen molar-refractivity contribution in [3.63, 3.8) is 0 Å². The van der Waals surface area contributed by atoms with Crippen molar-refractivity contribution in [3.05, 3.63) is 48.0 Å². The van der Waals surface area contributed by atoms with Gasteiger partial charge in [-0.2, -0.15) is 13.2 Å². The van der Waals surface area contributed by atoms with Crippen LogP contribution in [-0.4, -0.2) is 68.7 Å². The number of ether oxygens (including phenoxy) is 1. The highest BCUT2D eigenvalue weighted by Gasteiger charge is 2.33. The van der Waals surface area contributed by atoms with Gasteiger partial charge >= 0.3 is 12.3 Å². The van der Waals surface area contributed by atoms with Crippen molar-refractivity contribution in [1.82, 2.24) is 15.5 Å². The number of carbonyl (C=O) groups excluding carboxylic acids is 2. The topological polar surface area (TPSA) is 73.9 Å². The zero-order chi connectivity index (χ0) is 31.2. The third kappa shape index (κ3) is 9.36. The molecule has 1 atom stereocenters. The first-order valence-electron chi connectivity index (χ1n) is 15.0. The van der Waals surface area contributed by atoms with E-state index in [0.717, 1.165) is 60.3 Å². The van der Waals surface area contributed by atoms with Crippen molar-refractivity contribution in [2.45, 2.75) is 68.0 Å². The number of benzene rings is 2. The third-order valence-electron chi connectivity index (χ3n) is 7.83. The molecule has 1 unspecified atom stereocenters. The highest BCUT2D eigenvalue weighted by molar-refractivity contribution is 7.99. The van der Waals surface area contributed by atoms with Crippen LogP contribution in [0, 0.1) is 11.8 Å². The average Bonchev–Trinajstić information content (AvgIpc) is 2.94. The van der Waals surface area contributed by atoms with Crippen LogP contribution < -0.4 is 15.5 Å². The molecule has 0 radical (unpaired) electrons. The molecule has 1 fully saturated rings. The average molecular weight is 621 g/mol. The summed E-state index contributed by atoms with van der Waals surface area (Å²) >= 11 is 1.51. The van der Waals surface area contributed by atoms with Gasteiger partial charge in [0.2, 0.25) is 0 Å². The zero-order valence-corrected chi connectivity index (χ0v) is 26.2. The molecule has 236 valence electrons. The number of piperidine rings is 1. The Morgan fingerprint density at radius 2 is 1.74 bits per heavy atom. The highest BCUT2D eigenvalue weighted by Crippen LogP contribution is 2.49. The van der Waals surface area contributed by atoms with Crippen molar-refractivity contribution >= 4 is 35.0 Å². The smallest absolute Gasteiger partial charge is 0.416 e. The van der Waals surface area contributed by atoms with E-state index in [1.807, 2.05) is 29.2 Å². The van der Waals surface area contributed by atoms with E-state index in [1.54, 1.807) is 33.9 Å². The number of amides is 1. The molecule has 1 amide bonds. The molecule has 2 aromatic rings. The Labute approximate surface area is 256 Å². The number of nitrogens with one attached hydrogen (secondary N) is 2. The van der Waals surface area contributed by atoms with E-state index in [0.29, 0.717) is 24.7 Å². The number of likely N-dealkylation sites (N-methyl/N-ethyl adjacent to an activating group) is 1. The van der Waals surface area contributed by atoms with Gasteiger partial charge in [0.25, 0.3) is 0 Å². The summed E-state index contributed by atoms with van der Waals surface area (Å²) in [6, 6.07) is 11.9. The summed E-state index contributed by atoms with van der Waals surface area (Å²) in [6.45, 7) is 8.80. The van der Waals surface area contributed by atoms with Crippen LogP contribution >= 0.6 is 11.8 Å². The molecule has 0 saturated carbocycles. The van der Waals surface area contributed by atoms with E-state index in [4.69, 9.17) is 4.74 Å². The molecule has 2 aliphatic rings. The number of halogens is 3. The van der Waals surface area contributed by atoms with Gasteiger partial charge in [0, 0.05) is 35.3 Å². The predicted molar refractivity (Wildman–Crippen MR) is 164 cm³/mol. The minimum atomic E-state index is -4.39. The number of Topliss-reactive ketones (excluding diaryl/α,β-unsaturated/α-hetero) is 1.